The molecule has 0 aromatic heterocycles. The number of alkyl halides is 3. The number of piperazine rings is 1. The Kier molecular flexibility index (Phi) is 7.91. The van der Waals surface area contributed by atoms with Gasteiger partial charge in [-0.1, -0.05) is 43.4 Å². The molecular formula is C25H32F3N3O4S2. The number of nitrogens with one attached hydrogen (secondary N) is 1. The quantitative estimate of drug-likeness (QED) is 0.474. The van der Waals surface area contributed by atoms with E-state index in [4.69, 9.17) is 17.0 Å². The Morgan fingerprint density at radius 3 is 2.46 bits per heavy atom. The highest BCUT2D eigenvalue weighted by Gasteiger charge is 2.51. The molecule has 4 rings (SSSR count). The van der Waals surface area contributed by atoms with Crippen LogP contribution in [0.5, 0.6) is 0 Å². The van der Waals surface area contributed by atoms with E-state index in [9.17, 15) is 26.7 Å². The number of halogens is 3. The number of thiocarbonyl (C=S) groups is 1. The van der Waals surface area contributed by atoms with Crippen molar-refractivity contribution in [1.82, 2.24) is 9.62 Å². The van der Waals surface area contributed by atoms with Crippen LogP contribution in [-0.4, -0.2) is 80.8 Å². The first-order valence-corrected chi connectivity index (χ1v) is 13.9. The second kappa shape index (κ2) is 10.4. The number of benzene rings is 1. The van der Waals surface area contributed by atoms with Crippen LogP contribution in [0.3, 0.4) is 0 Å². The van der Waals surface area contributed by atoms with Gasteiger partial charge in [-0.3, -0.25) is 0 Å². The fourth-order valence-corrected chi connectivity index (χ4v) is 6.76. The third-order valence-corrected chi connectivity index (χ3v) is 9.64. The second-order valence-electron chi connectivity index (χ2n) is 10.3. The predicted octanol–water partition coefficient (Wildman–Crippen LogP) is 3.12. The Bertz CT molecular complexity index is 1180. The molecule has 1 aromatic rings. The Morgan fingerprint density at radius 1 is 1.22 bits per heavy atom. The minimum absolute atomic E-state index is 0.0154. The number of aliphatic hydroxyl groups is 1. The van der Waals surface area contributed by atoms with Crippen molar-refractivity contribution >= 4 is 32.8 Å². The summed E-state index contributed by atoms with van der Waals surface area (Å²) in [6.45, 7) is 6.02. The van der Waals surface area contributed by atoms with E-state index >= 15 is 0 Å². The van der Waals surface area contributed by atoms with E-state index in [0.717, 1.165) is 6.92 Å². The van der Waals surface area contributed by atoms with E-state index in [-0.39, 0.29) is 35.0 Å². The standard InChI is InChI=1S/C25H32F3N3O4S2/c1-23(16-35-17-23)15-29-13-20-14-30(37(33,34)22-6-4-3-5-21(22)36)11-12-31(20)19-9-7-18(8-10-19)24(2,32)25(26,27)28/h3-4,6-10,20,29,32H,5,11-17H2,1-2H3/t20-,24?/m0/s1. The van der Waals surface area contributed by atoms with Crippen molar-refractivity contribution in [3.63, 3.8) is 0 Å². The molecule has 2 atom stereocenters. The summed E-state index contributed by atoms with van der Waals surface area (Å²) in [7, 11) is -3.79. The monoisotopic (exact) mass is 559 g/mol. The van der Waals surface area contributed by atoms with E-state index in [0.29, 0.717) is 49.8 Å². The fourth-order valence-electron chi connectivity index (χ4n) is 4.69. The van der Waals surface area contributed by atoms with Gasteiger partial charge in [-0.15, -0.1) is 0 Å². The first-order chi connectivity index (χ1) is 17.2. The molecule has 2 saturated heterocycles. The molecule has 2 aliphatic heterocycles. The number of hydrogen-bond donors (Lipinski definition) is 2. The number of nitrogens with zero attached hydrogens (tertiary/aromatic N) is 2. The van der Waals surface area contributed by atoms with Crippen LogP contribution in [0.2, 0.25) is 0 Å². The van der Waals surface area contributed by atoms with Crippen molar-refractivity contribution in [1.29, 1.82) is 0 Å². The van der Waals surface area contributed by atoms with Gasteiger partial charge in [0.25, 0.3) is 0 Å². The van der Waals surface area contributed by atoms with Crippen molar-refractivity contribution in [2.75, 3.05) is 50.8 Å². The molecule has 2 N–H and O–H groups in total. The van der Waals surface area contributed by atoms with Crippen LogP contribution >= 0.6 is 12.2 Å². The molecule has 0 spiro atoms. The normalized spacial score (nSPS) is 24.4. The molecule has 37 heavy (non-hydrogen) atoms. The van der Waals surface area contributed by atoms with Crippen molar-refractivity contribution in [3.8, 4) is 0 Å². The highest BCUT2D eigenvalue weighted by molar-refractivity contribution is 7.96. The zero-order valence-electron chi connectivity index (χ0n) is 20.8. The SMILES string of the molecule is CC1(CNC[C@H]2CN(S(=O)(=O)C3=CC=CCC3=S)CCN2c2ccc(C(C)(O)C(F)(F)F)cc2)COC1. The maximum absolute atomic E-state index is 13.4. The Hall–Kier alpha value is -1.83. The van der Waals surface area contributed by atoms with E-state index in [1.54, 1.807) is 6.08 Å². The van der Waals surface area contributed by atoms with Gasteiger partial charge in [0.1, 0.15) is 0 Å². The van der Waals surface area contributed by atoms with Crippen LogP contribution in [0.25, 0.3) is 0 Å². The molecule has 2 heterocycles. The van der Waals surface area contributed by atoms with Crippen LogP contribution in [-0.2, 0) is 20.4 Å². The van der Waals surface area contributed by atoms with Crippen LogP contribution in [0, 0.1) is 5.41 Å². The summed E-state index contributed by atoms with van der Waals surface area (Å²) in [6.07, 6.45) is 0.628. The molecule has 0 amide bonds. The lowest BCUT2D eigenvalue weighted by molar-refractivity contribution is -0.258. The summed E-state index contributed by atoms with van der Waals surface area (Å²) < 4.78 is 73.4. The lowest BCUT2D eigenvalue weighted by atomic mass is 9.88. The Labute approximate surface area is 221 Å². The number of sulfonamides is 1. The molecule has 2 fully saturated rings. The smallest absolute Gasteiger partial charge is 0.380 e. The number of anilines is 1. The third kappa shape index (κ3) is 5.79. The first-order valence-electron chi connectivity index (χ1n) is 12.1. The van der Waals surface area contributed by atoms with Gasteiger partial charge in [-0.25, -0.2) is 8.42 Å². The summed E-state index contributed by atoms with van der Waals surface area (Å²) in [5.41, 5.74) is -2.57. The van der Waals surface area contributed by atoms with Gasteiger partial charge in [-0.2, -0.15) is 17.5 Å². The molecule has 0 bridgehead atoms. The maximum Gasteiger partial charge on any atom is 0.421 e. The second-order valence-corrected chi connectivity index (χ2v) is 12.7. The van der Waals surface area contributed by atoms with Crippen LogP contribution in [0.1, 0.15) is 25.8 Å². The zero-order chi connectivity index (χ0) is 27.1. The lowest BCUT2D eigenvalue weighted by Crippen LogP contribution is -2.59. The van der Waals surface area contributed by atoms with Crippen LogP contribution in [0.15, 0.2) is 47.4 Å². The molecule has 1 unspecified atom stereocenters. The van der Waals surface area contributed by atoms with Gasteiger partial charge in [-0.05, 0) is 30.7 Å². The number of hydrogen-bond acceptors (Lipinski definition) is 7. The minimum atomic E-state index is -4.81. The molecule has 1 aromatic carbocycles. The number of rotatable bonds is 8. The van der Waals surface area contributed by atoms with Crippen molar-refractivity contribution in [2.24, 2.45) is 5.41 Å². The summed E-state index contributed by atoms with van der Waals surface area (Å²) >= 11 is 5.31. The van der Waals surface area contributed by atoms with Gasteiger partial charge < -0.3 is 20.1 Å². The lowest BCUT2D eigenvalue weighted by Gasteiger charge is -2.44. The van der Waals surface area contributed by atoms with Gasteiger partial charge in [0.05, 0.1) is 24.2 Å². The Balaban J connectivity index is 1.55. The van der Waals surface area contributed by atoms with Gasteiger partial charge in [0, 0.05) is 55.1 Å². The molecule has 0 saturated carbocycles. The average molecular weight is 560 g/mol. The van der Waals surface area contributed by atoms with Crippen molar-refractivity contribution in [2.45, 2.75) is 38.1 Å². The van der Waals surface area contributed by atoms with Gasteiger partial charge >= 0.3 is 6.18 Å². The van der Waals surface area contributed by atoms with Gasteiger partial charge in [0.2, 0.25) is 10.0 Å². The van der Waals surface area contributed by atoms with E-state index in [2.05, 4.69) is 12.2 Å². The average Bonchev–Trinajstić information content (AvgIpc) is 2.82. The topological polar surface area (TPSA) is 82.1 Å². The van der Waals surface area contributed by atoms with Gasteiger partial charge in [0.15, 0.2) is 5.60 Å². The summed E-state index contributed by atoms with van der Waals surface area (Å²) in [4.78, 5) is 2.52. The number of allylic oxidation sites excluding steroid dienone is 4. The Morgan fingerprint density at radius 2 is 1.89 bits per heavy atom. The molecule has 7 nitrogen and oxygen atoms in total. The first kappa shape index (κ1) is 28.2. The summed E-state index contributed by atoms with van der Waals surface area (Å²) in [5, 5.41) is 13.4. The molecule has 204 valence electrons. The van der Waals surface area contributed by atoms with Crippen molar-refractivity contribution in [3.05, 3.63) is 53.0 Å². The highest BCUT2D eigenvalue weighted by atomic mass is 32.2. The van der Waals surface area contributed by atoms with Crippen molar-refractivity contribution < 1.29 is 31.4 Å². The van der Waals surface area contributed by atoms with Crippen LogP contribution in [0.4, 0.5) is 18.9 Å². The third-order valence-electron chi connectivity index (χ3n) is 7.17. The summed E-state index contributed by atoms with van der Waals surface area (Å²) in [5.74, 6) is 0. The number of ether oxygens (including phenoxy) is 1. The molecule has 3 aliphatic rings. The van der Waals surface area contributed by atoms with E-state index in [1.165, 1.54) is 34.6 Å². The van der Waals surface area contributed by atoms with E-state index < -0.39 is 21.8 Å². The molecule has 1 aliphatic carbocycles. The molecule has 0 radical (unpaired) electrons. The molecular weight excluding hydrogens is 527 g/mol. The largest absolute Gasteiger partial charge is 0.421 e. The van der Waals surface area contributed by atoms with E-state index in [1.807, 2.05) is 11.0 Å². The predicted molar refractivity (Wildman–Crippen MR) is 140 cm³/mol. The zero-order valence-corrected chi connectivity index (χ0v) is 22.4. The molecule has 12 heteroatoms. The fraction of sp³-hybridized carbons (Fsp3) is 0.560. The minimum Gasteiger partial charge on any atom is -0.380 e. The highest BCUT2D eigenvalue weighted by Crippen LogP contribution is 2.39. The maximum atomic E-state index is 13.4. The van der Waals surface area contributed by atoms with Crippen LogP contribution < -0.4 is 10.2 Å². The summed E-state index contributed by atoms with van der Waals surface area (Å²) in [6, 6.07) is 5.33.